The van der Waals surface area contributed by atoms with Crippen LogP contribution in [0.2, 0.25) is 0 Å². The van der Waals surface area contributed by atoms with Gasteiger partial charge in [0.05, 0.1) is 5.56 Å². The van der Waals surface area contributed by atoms with Crippen LogP contribution >= 0.6 is 0 Å². The second kappa shape index (κ2) is 11.9. The average molecular weight is 448 g/mol. The van der Waals surface area contributed by atoms with E-state index in [1.165, 1.54) is 18.2 Å². The van der Waals surface area contributed by atoms with Crippen LogP contribution in [-0.4, -0.2) is 62.0 Å². The van der Waals surface area contributed by atoms with Gasteiger partial charge in [0, 0.05) is 39.3 Å². The number of ether oxygens (including phenoxy) is 1. The molecule has 3 rings (SSSR count). The van der Waals surface area contributed by atoms with Gasteiger partial charge < -0.3 is 20.3 Å². The Labute approximate surface area is 189 Å². The summed E-state index contributed by atoms with van der Waals surface area (Å²) in [4.78, 5) is 40.3. The van der Waals surface area contributed by atoms with E-state index in [9.17, 15) is 18.8 Å². The molecule has 2 N–H and O–H groups in total. The molecule has 8 heteroatoms. The van der Waals surface area contributed by atoms with Gasteiger partial charge in [0.2, 0.25) is 11.8 Å². The summed E-state index contributed by atoms with van der Waals surface area (Å²) >= 11 is 0. The fraction of sp³-hybridized carbons (Fsp3) is 0.625. The summed E-state index contributed by atoms with van der Waals surface area (Å²) in [6.07, 6.45) is 6.04. The van der Waals surface area contributed by atoms with Crippen molar-refractivity contribution in [3.8, 4) is 0 Å². The van der Waals surface area contributed by atoms with E-state index in [-0.39, 0.29) is 29.2 Å². The first-order valence-corrected chi connectivity index (χ1v) is 11.6. The van der Waals surface area contributed by atoms with E-state index in [4.69, 9.17) is 4.74 Å². The molecule has 1 atom stereocenters. The molecule has 1 aliphatic carbocycles. The molecule has 7 nitrogen and oxygen atoms in total. The van der Waals surface area contributed by atoms with Crippen LogP contribution in [0.3, 0.4) is 0 Å². The van der Waals surface area contributed by atoms with Crippen LogP contribution in [0.25, 0.3) is 0 Å². The maximum Gasteiger partial charge on any atom is 0.254 e. The van der Waals surface area contributed by atoms with E-state index in [0.29, 0.717) is 45.5 Å². The van der Waals surface area contributed by atoms with Crippen molar-refractivity contribution in [2.75, 3.05) is 33.4 Å². The van der Waals surface area contributed by atoms with Crippen LogP contribution in [0.4, 0.5) is 4.39 Å². The van der Waals surface area contributed by atoms with E-state index in [2.05, 4.69) is 10.6 Å². The van der Waals surface area contributed by atoms with Crippen LogP contribution in [0.1, 0.15) is 55.3 Å². The fourth-order valence-electron chi connectivity index (χ4n) is 4.68. The number of nitrogens with one attached hydrogen (secondary N) is 2. The van der Waals surface area contributed by atoms with Crippen LogP contribution < -0.4 is 10.6 Å². The van der Waals surface area contributed by atoms with Crippen molar-refractivity contribution in [3.63, 3.8) is 0 Å². The first-order chi connectivity index (χ1) is 15.5. The molecule has 0 bridgehead atoms. The number of methoxy groups -OCH3 is 1. The van der Waals surface area contributed by atoms with Gasteiger partial charge in [-0.15, -0.1) is 0 Å². The molecule has 1 aromatic carbocycles. The number of carbonyl (C=O) groups is 3. The Kier molecular flexibility index (Phi) is 9.02. The van der Waals surface area contributed by atoms with Crippen molar-refractivity contribution in [3.05, 3.63) is 35.6 Å². The van der Waals surface area contributed by atoms with Crippen molar-refractivity contribution < 1.29 is 23.5 Å². The van der Waals surface area contributed by atoms with E-state index in [1.807, 2.05) is 4.90 Å². The van der Waals surface area contributed by atoms with Crippen molar-refractivity contribution >= 4 is 17.7 Å². The highest BCUT2D eigenvalue weighted by Crippen LogP contribution is 2.29. The van der Waals surface area contributed by atoms with E-state index < -0.39 is 17.8 Å². The van der Waals surface area contributed by atoms with Crippen molar-refractivity contribution in [1.29, 1.82) is 0 Å². The molecule has 0 aromatic heterocycles. The number of amides is 3. The third kappa shape index (κ3) is 6.28. The number of halogens is 1. The van der Waals surface area contributed by atoms with Gasteiger partial charge in [-0.05, 0) is 50.2 Å². The molecule has 3 amide bonds. The molecule has 0 spiro atoms. The summed E-state index contributed by atoms with van der Waals surface area (Å²) < 4.78 is 19.1. The molecule has 1 unspecified atom stereocenters. The predicted molar refractivity (Wildman–Crippen MR) is 118 cm³/mol. The fourth-order valence-corrected chi connectivity index (χ4v) is 4.68. The number of hydrogen-bond donors (Lipinski definition) is 2. The smallest absolute Gasteiger partial charge is 0.254 e. The van der Waals surface area contributed by atoms with Crippen molar-refractivity contribution in [2.24, 2.45) is 11.8 Å². The highest BCUT2D eigenvalue weighted by Gasteiger charge is 2.36. The van der Waals surface area contributed by atoms with E-state index in [0.717, 1.165) is 25.7 Å². The highest BCUT2D eigenvalue weighted by molar-refractivity contribution is 5.97. The molecular weight excluding hydrogens is 413 g/mol. The molecule has 1 aromatic rings. The molecule has 2 aliphatic rings. The third-order valence-corrected chi connectivity index (χ3v) is 6.54. The first kappa shape index (κ1) is 24.2. The SMILES string of the molecule is COCCCNC(=O)C(NC(=O)c1ccccc1F)C1CCN(C(=O)C2CCCC2)CC1. The summed E-state index contributed by atoms with van der Waals surface area (Å²) in [5, 5.41) is 5.62. The lowest BCUT2D eigenvalue weighted by molar-refractivity contribution is -0.137. The first-order valence-electron chi connectivity index (χ1n) is 11.6. The standard InChI is InChI=1S/C24H34FN3O4/c1-32-16-6-13-26-23(30)21(27-22(29)19-9-4-5-10-20(19)25)17-11-14-28(15-12-17)24(31)18-7-2-3-8-18/h4-5,9-10,17-18,21H,2-3,6-8,11-16H2,1H3,(H,26,30)(H,27,29). The lowest BCUT2D eigenvalue weighted by Crippen LogP contribution is -2.54. The minimum atomic E-state index is -0.784. The number of rotatable bonds is 9. The summed E-state index contributed by atoms with van der Waals surface area (Å²) in [6.45, 7) is 2.10. The highest BCUT2D eigenvalue weighted by atomic mass is 19.1. The quantitative estimate of drug-likeness (QED) is 0.570. The molecule has 1 aliphatic heterocycles. The van der Waals surface area contributed by atoms with E-state index >= 15 is 0 Å². The Morgan fingerprint density at radius 3 is 2.47 bits per heavy atom. The van der Waals surface area contributed by atoms with Gasteiger partial charge in [-0.3, -0.25) is 14.4 Å². The number of nitrogens with zero attached hydrogens (tertiary/aromatic N) is 1. The number of carbonyl (C=O) groups excluding carboxylic acids is 3. The Morgan fingerprint density at radius 1 is 1.12 bits per heavy atom. The summed E-state index contributed by atoms with van der Waals surface area (Å²) in [5.41, 5.74) is -0.0847. The molecule has 2 fully saturated rings. The molecule has 0 radical (unpaired) electrons. The second-order valence-corrected chi connectivity index (χ2v) is 8.71. The molecule has 1 saturated heterocycles. The zero-order valence-corrected chi connectivity index (χ0v) is 18.8. The maximum atomic E-state index is 14.1. The lowest BCUT2D eigenvalue weighted by atomic mass is 9.87. The molecule has 176 valence electrons. The molecule has 1 heterocycles. The zero-order chi connectivity index (χ0) is 22.9. The van der Waals surface area contributed by atoms with Gasteiger partial charge in [-0.1, -0.05) is 25.0 Å². The maximum absolute atomic E-state index is 14.1. The average Bonchev–Trinajstić information content (AvgIpc) is 3.35. The van der Waals surface area contributed by atoms with Crippen LogP contribution in [0, 0.1) is 17.7 Å². The summed E-state index contributed by atoms with van der Waals surface area (Å²) in [6, 6.07) is 4.95. The third-order valence-electron chi connectivity index (χ3n) is 6.54. The summed E-state index contributed by atoms with van der Waals surface area (Å²) in [5.74, 6) is -1.29. The van der Waals surface area contributed by atoms with E-state index in [1.54, 1.807) is 13.2 Å². The van der Waals surface area contributed by atoms with Crippen LogP contribution in [0.15, 0.2) is 24.3 Å². The van der Waals surface area contributed by atoms with Gasteiger partial charge >= 0.3 is 0 Å². The monoisotopic (exact) mass is 447 g/mol. The van der Waals surface area contributed by atoms with Gasteiger partial charge in [0.1, 0.15) is 11.9 Å². The minimum Gasteiger partial charge on any atom is -0.385 e. The van der Waals surface area contributed by atoms with Crippen molar-refractivity contribution in [1.82, 2.24) is 15.5 Å². The number of hydrogen-bond acceptors (Lipinski definition) is 4. The second-order valence-electron chi connectivity index (χ2n) is 8.71. The molecule has 1 saturated carbocycles. The normalized spacial score (nSPS) is 18.4. The predicted octanol–water partition coefficient (Wildman–Crippen LogP) is 2.51. The lowest BCUT2D eigenvalue weighted by Gasteiger charge is -2.36. The van der Waals surface area contributed by atoms with Crippen LogP contribution in [-0.2, 0) is 14.3 Å². The zero-order valence-electron chi connectivity index (χ0n) is 18.8. The van der Waals surface area contributed by atoms with Crippen LogP contribution in [0.5, 0.6) is 0 Å². The Balaban J connectivity index is 1.64. The minimum absolute atomic E-state index is 0.0847. The Hall–Kier alpha value is -2.48. The summed E-state index contributed by atoms with van der Waals surface area (Å²) in [7, 11) is 1.60. The topological polar surface area (TPSA) is 87.7 Å². The largest absolute Gasteiger partial charge is 0.385 e. The van der Waals surface area contributed by atoms with Gasteiger partial charge in [-0.2, -0.15) is 0 Å². The number of likely N-dealkylation sites (tertiary alicyclic amines) is 1. The molecule has 32 heavy (non-hydrogen) atoms. The Morgan fingerprint density at radius 2 is 1.81 bits per heavy atom. The number of piperidine rings is 1. The van der Waals surface area contributed by atoms with Gasteiger partial charge in [0.15, 0.2) is 0 Å². The van der Waals surface area contributed by atoms with Gasteiger partial charge in [0.25, 0.3) is 5.91 Å². The molecular formula is C24H34FN3O4. The van der Waals surface area contributed by atoms with Gasteiger partial charge in [-0.25, -0.2) is 4.39 Å². The Bertz CT molecular complexity index is 789. The van der Waals surface area contributed by atoms with Crippen molar-refractivity contribution in [2.45, 2.75) is 51.0 Å². The number of benzene rings is 1.